The van der Waals surface area contributed by atoms with Gasteiger partial charge in [0.05, 0.1) is 14.2 Å². The SMILES string of the molecule is COc1cc(CCO)cc(C)c1OC. The summed E-state index contributed by atoms with van der Waals surface area (Å²) in [6.07, 6.45) is 0.640. The van der Waals surface area contributed by atoms with Crippen LogP contribution >= 0.6 is 0 Å². The van der Waals surface area contributed by atoms with E-state index in [1.165, 1.54) is 0 Å². The second-order valence-corrected chi connectivity index (χ2v) is 3.12. The first-order chi connectivity index (χ1) is 6.72. The van der Waals surface area contributed by atoms with Crippen LogP contribution in [0.25, 0.3) is 0 Å². The number of hydrogen-bond acceptors (Lipinski definition) is 3. The molecule has 0 atom stereocenters. The van der Waals surface area contributed by atoms with E-state index < -0.39 is 0 Å². The fourth-order valence-corrected chi connectivity index (χ4v) is 1.50. The second kappa shape index (κ2) is 4.86. The lowest BCUT2D eigenvalue weighted by Crippen LogP contribution is -1.97. The van der Waals surface area contributed by atoms with Crippen molar-refractivity contribution in [2.75, 3.05) is 20.8 Å². The molecule has 0 fully saturated rings. The van der Waals surface area contributed by atoms with Gasteiger partial charge in [0.25, 0.3) is 0 Å². The van der Waals surface area contributed by atoms with Crippen molar-refractivity contribution in [3.05, 3.63) is 23.3 Å². The number of hydrogen-bond donors (Lipinski definition) is 1. The normalized spacial score (nSPS) is 10.0. The number of aliphatic hydroxyl groups is 1. The third-order valence-corrected chi connectivity index (χ3v) is 2.12. The first-order valence-corrected chi connectivity index (χ1v) is 4.55. The molecule has 0 heterocycles. The van der Waals surface area contributed by atoms with Crippen LogP contribution in [0, 0.1) is 6.92 Å². The smallest absolute Gasteiger partial charge is 0.163 e. The van der Waals surface area contributed by atoms with Crippen LogP contribution in [0.4, 0.5) is 0 Å². The number of ether oxygens (including phenoxy) is 2. The van der Waals surface area contributed by atoms with Gasteiger partial charge in [-0.1, -0.05) is 6.07 Å². The van der Waals surface area contributed by atoms with Gasteiger partial charge >= 0.3 is 0 Å². The Morgan fingerprint density at radius 3 is 2.43 bits per heavy atom. The Morgan fingerprint density at radius 1 is 1.21 bits per heavy atom. The Kier molecular flexibility index (Phi) is 3.77. The molecule has 0 aliphatic carbocycles. The fourth-order valence-electron chi connectivity index (χ4n) is 1.50. The van der Waals surface area contributed by atoms with E-state index in [9.17, 15) is 0 Å². The van der Waals surface area contributed by atoms with Gasteiger partial charge in [0.2, 0.25) is 0 Å². The van der Waals surface area contributed by atoms with Crippen LogP contribution in [0.3, 0.4) is 0 Å². The minimum atomic E-state index is 0.148. The highest BCUT2D eigenvalue weighted by Crippen LogP contribution is 2.31. The van der Waals surface area contributed by atoms with E-state index in [-0.39, 0.29) is 6.61 Å². The standard InChI is InChI=1S/C11H16O3/c1-8-6-9(4-5-12)7-10(13-2)11(8)14-3/h6-7,12H,4-5H2,1-3H3. The molecule has 0 aliphatic rings. The molecule has 0 radical (unpaired) electrons. The topological polar surface area (TPSA) is 38.7 Å². The number of benzene rings is 1. The van der Waals surface area contributed by atoms with E-state index in [0.717, 1.165) is 22.6 Å². The molecule has 78 valence electrons. The number of aliphatic hydroxyl groups excluding tert-OH is 1. The maximum Gasteiger partial charge on any atom is 0.163 e. The zero-order valence-electron chi connectivity index (χ0n) is 8.83. The summed E-state index contributed by atoms with van der Waals surface area (Å²) in [6.45, 7) is 2.11. The van der Waals surface area contributed by atoms with Gasteiger partial charge in [-0.2, -0.15) is 0 Å². The van der Waals surface area contributed by atoms with Crippen molar-refractivity contribution >= 4 is 0 Å². The van der Waals surface area contributed by atoms with Gasteiger partial charge in [-0.05, 0) is 30.5 Å². The molecule has 0 saturated carbocycles. The average Bonchev–Trinajstić information content (AvgIpc) is 2.17. The van der Waals surface area contributed by atoms with Crippen molar-refractivity contribution < 1.29 is 14.6 Å². The summed E-state index contributed by atoms with van der Waals surface area (Å²) < 4.78 is 10.4. The summed E-state index contributed by atoms with van der Waals surface area (Å²) in [6, 6.07) is 3.89. The van der Waals surface area contributed by atoms with Gasteiger partial charge in [0.15, 0.2) is 11.5 Å². The zero-order chi connectivity index (χ0) is 10.6. The van der Waals surface area contributed by atoms with Crippen LogP contribution in [0.5, 0.6) is 11.5 Å². The van der Waals surface area contributed by atoms with Gasteiger partial charge in [-0.3, -0.25) is 0 Å². The van der Waals surface area contributed by atoms with Crippen LogP contribution in [-0.2, 0) is 6.42 Å². The predicted octanol–water partition coefficient (Wildman–Crippen LogP) is 1.55. The highest BCUT2D eigenvalue weighted by Gasteiger charge is 2.08. The number of aryl methyl sites for hydroxylation is 1. The quantitative estimate of drug-likeness (QED) is 0.794. The summed E-state index contributed by atoms with van der Waals surface area (Å²) in [5.74, 6) is 1.48. The lowest BCUT2D eigenvalue weighted by atomic mass is 10.1. The predicted molar refractivity (Wildman–Crippen MR) is 55.1 cm³/mol. The van der Waals surface area contributed by atoms with Crippen LogP contribution in [0.1, 0.15) is 11.1 Å². The van der Waals surface area contributed by atoms with Gasteiger partial charge in [0.1, 0.15) is 0 Å². The molecule has 0 aromatic heterocycles. The molecular weight excluding hydrogens is 180 g/mol. The van der Waals surface area contributed by atoms with Gasteiger partial charge in [0, 0.05) is 6.61 Å². The molecule has 1 N–H and O–H groups in total. The maximum absolute atomic E-state index is 8.83. The highest BCUT2D eigenvalue weighted by atomic mass is 16.5. The largest absolute Gasteiger partial charge is 0.493 e. The third kappa shape index (κ3) is 2.17. The van der Waals surface area contributed by atoms with Crippen molar-refractivity contribution in [2.45, 2.75) is 13.3 Å². The van der Waals surface area contributed by atoms with Crippen LogP contribution in [0.15, 0.2) is 12.1 Å². The molecule has 3 nitrogen and oxygen atoms in total. The first-order valence-electron chi connectivity index (χ1n) is 4.55. The minimum Gasteiger partial charge on any atom is -0.493 e. The van der Waals surface area contributed by atoms with Gasteiger partial charge in [-0.15, -0.1) is 0 Å². The second-order valence-electron chi connectivity index (χ2n) is 3.12. The lowest BCUT2D eigenvalue weighted by Gasteiger charge is -2.12. The van der Waals surface area contributed by atoms with Crippen molar-refractivity contribution in [2.24, 2.45) is 0 Å². The van der Waals surface area contributed by atoms with Crippen molar-refractivity contribution in [1.29, 1.82) is 0 Å². The van der Waals surface area contributed by atoms with Crippen molar-refractivity contribution in [1.82, 2.24) is 0 Å². The van der Waals surface area contributed by atoms with Crippen molar-refractivity contribution in [3.63, 3.8) is 0 Å². The van der Waals surface area contributed by atoms with E-state index >= 15 is 0 Å². The van der Waals surface area contributed by atoms with Crippen LogP contribution in [0.2, 0.25) is 0 Å². The molecule has 1 aromatic carbocycles. The molecule has 0 spiro atoms. The Hall–Kier alpha value is -1.22. The minimum absolute atomic E-state index is 0.148. The Labute approximate surface area is 84.3 Å². The van der Waals surface area contributed by atoms with E-state index in [4.69, 9.17) is 14.6 Å². The summed E-state index contributed by atoms with van der Waals surface area (Å²) >= 11 is 0. The Balaban J connectivity index is 3.10. The lowest BCUT2D eigenvalue weighted by molar-refractivity contribution is 0.299. The molecule has 0 aliphatic heterocycles. The fraction of sp³-hybridized carbons (Fsp3) is 0.455. The molecule has 0 saturated heterocycles. The average molecular weight is 196 g/mol. The molecule has 1 aromatic rings. The summed E-state index contributed by atoms with van der Waals surface area (Å²) in [7, 11) is 3.23. The molecular formula is C11H16O3. The summed E-state index contributed by atoms with van der Waals surface area (Å²) in [4.78, 5) is 0. The molecule has 3 heteroatoms. The zero-order valence-corrected chi connectivity index (χ0v) is 8.83. The van der Waals surface area contributed by atoms with E-state index in [2.05, 4.69) is 0 Å². The van der Waals surface area contributed by atoms with Crippen molar-refractivity contribution in [3.8, 4) is 11.5 Å². The van der Waals surface area contributed by atoms with E-state index in [0.29, 0.717) is 6.42 Å². The van der Waals surface area contributed by atoms with Crippen LogP contribution < -0.4 is 9.47 Å². The van der Waals surface area contributed by atoms with Crippen LogP contribution in [-0.4, -0.2) is 25.9 Å². The number of rotatable bonds is 4. The van der Waals surface area contributed by atoms with E-state index in [1.54, 1.807) is 14.2 Å². The molecule has 0 bridgehead atoms. The molecule has 0 unspecified atom stereocenters. The van der Waals surface area contributed by atoms with Gasteiger partial charge in [-0.25, -0.2) is 0 Å². The Bertz CT molecular complexity index is 308. The Morgan fingerprint density at radius 2 is 1.93 bits per heavy atom. The van der Waals surface area contributed by atoms with E-state index in [1.807, 2.05) is 19.1 Å². The summed E-state index contributed by atoms with van der Waals surface area (Å²) in [5, 5.41) is 8.83. The number of methoxy groups -OCH3 is 2. The third-order valence-electron chi connectivity index (χ3n) is 2.12. The monoisotopic (exact) mass is 196 g/mol. The highest BCUT2D eigenvalue weighted by molar-refractivity contribution is 5.48. The molecule has 14 heavy (non-hydrogen) atoms. The molecule has 0 amide bonds. The molecule has 1 rings (SSSR count). The summed E-state index contributed by atoms with van der Waals surface area (Å²) in [5.41, 5.74) is 2.08. The van der Waals surface area contributed by atoms with Gasteiger partial charge < -0.3 is 14.6 Å². The maximum atomic E-state index is 8.83. The first kappa shape index (κ1) is 10.9.